The van der Waals surface area contributed by atoms with Crippen molar-refractivity contribution in [1.29, 1.82) is 0 Å². The zero-order valence-corrected chi connectivity index (χ0v) is 23.6. The fraction of sp³-hybridized carbons (Fsp3) is 0.290. The highest BCUT2D eigenvalue weighted by Crippen LogP contribution is 2.21. The molecular formula is C31H34N4O6. The number of nitrogens with zero attached hydrogens (tertiary/aromatic N) is 2. The third-order valence-electron chi connectivity index (χ3n) is 6.70. The molecule has 214 valence electrons. The van der Waals surface area contributed by atoms with Crippen LogP contribution in [0.2, 0.25) is 0 Å². The number of alkyl carbamates (subject to hydrolysis) is 1. The maximum Gasteiger partial charge on any atom is 0.407 e. The number of anilines is 1. The van der Waals surface area contributed by atoms with Gasteiger partial charge >= 0.3 is 11.7 Å². The van der Waals surface area contributed by atoms with Crippen molar-refractivity contribution in [3.05, 3.63) is 99.4 Å². The van der Waals surface area contributed by atoms with Gasteiger partial charge in [-0.15, -0.1) is 0 Å². The fourth-order valence-corrected chi connectivity index (χ4v) is 4.51. The highest BCUT2D eigenvalue weighted by Gasteiger charge is 2.25. The number of carbonyl (C=O) groups is 2. The summed E-state index contributed by atoms with van der Waals surface area (Å²) in [7, 11) is 3.33. The van der Waals surface area contributed by atoms with Crippen LogP contribution >= 0.6 is 0 Å². The van der Waals surface area contributed by atoms with E-state index in [1.54, 1.807) is 45.0 Å². The van der Waals surface area contributed by atoms with Crippen molar-refractivity contribution < 1.29 is 23.5 Å². The van der Waals surface area contributed by atoms with Gasteiger partial charge in [0.15, 0.2) is 0 Å². The standard InChI is InChI=1S/C31H34N4O6/c1-5-40-31(38)32-18-23-13-16-25-27(20(23)2)29(37)41-30(33-25)34-26(17-21-11-14-24(39-4)15-12-21)28(36)35(3)19-22-9-7-6-8-10-22/h6-16,26H,5,17-19H2,1-4H3,(H,32,38)(H,33,34)/t26-/m0/s1. The van der Waals surface area contributed by atoms with Crippen molar-refractivity contribution in [3.63, 3.8) is 0 Å². The van der Waals surface area contributed by atoms with Gasteiger partial charge in [-0.3, -0.25) is 4.79 Å². The Morgan fingerprint density at radius 3 is 2.44 bits per heavy atom. The largest absolute Gasteiger partial charge is 0.497 e. The first-order valence-electron chi connectivity index (χ1n) is 13.3. The first-order valence-corrected chi connectivity index (χ1v) is 13.3. The second-order valence-corrected chi connectivity index (χ2v) is 9.55. The molecule has 10 nitrogen and oxygen atoms in total. The summed E-state index contributed by atoms with van der Waals surface area (Å²) in [6.07, 6.45) is -0.218. The van der Waals surface area contributed by atoms with E-state index in [1.807, 2.05) is 54.6 Å². The molecule has 0 aliphatic rings. The summed E-state index contributed by atoms with van der Waals surface area (Å²) >= 11 is 0. The van der Waals surface area contributed by atoms with Crippen LogP contribution in [-0.2, 0) is 29.0 Å². The van der Waals surface area contributed by atoms with Gasteiger partial charge in [0, 0.05) is 26.6 Å². The number of methoxy groups -OCH3 is 1. The maximum absolute atomic E-state index is 13.6. The first kappa shape index (κ1) is 29.1. The molecule has 2 N–H and O–H groups in total. The fourth-order valence-electron chi connectivity index (χ4n) is 4.51. The predicted octanol–water partition coefficient (Wildman–Crippen LogP) is 4.43. The summed E-state index contributed by atoms with van der Waals surface area (Å²) in [6.45, 7) is 4.35. The average Bonchev–Trinajstić information content (AvgIpc) is 2.97. The minimum atomic E-state index is -0.764. The number of aromatic nitrogens is 1. The number of hydrogen-bond acceptors (Lipinski definition) is 8. The highest BCUT2D eigenvalue weighted by molar-refractivity contribution is 5.85. The molecular weight excluding hydrogens is 524 g/mol. The second kappa shape index (κ2) is 13.5. The molecule has 0 radical (unpaired) electrons. The molecule has 4 rings (SSSR count). The van der Waals surface area contributed by atoms with Gasteiger partial charge in [-0.05, 0) is 54.3 Å². The summed E-state index contributed by atoms with van der Waals surface area (Å²) in [6, 6.07) is 19.8. The van der Waals surface area contributed by atoms with Gasteiger partial charge in [-0.1, -0.05) is 48.5 Å². The Hall–Kier alpha value is -4.86. The Balaban J connectivity index is 1.60. The Morgan fingerprint density at radius 1 is 1.02 bits per heavy atom. The van der Waals surface area contributed by atoms with E-state index in [0.29, 0.717) is 35.2 Å². The Labute approximate surface area is 238 Å². The van der Waals surface area contributed by atoms with Gasteiger partial charge in [-0.25, -0.2) is 9.59 Å². The number of aryl methyl sites for hydroxylation is 1. The molecule has 0 saturated carbocycles. The maximum atomic E-state index is 13.6. The summed E-state index contributed by atoms with van der Waals surface area (Å²) < 4.78 is 15.7. The van der Waals surface area contributed by atoms with E-state index in [0.717, 1.165) is 16.7 Å². The number of amides is 2. The Morgan fingerprint density at radius 2 is 1.76 bits per heavy atom. The smallest absolute Gasteiger partial charge is 0.407 e. The van der Waals surface area contributed by atoms with Gasteiger partial charge < -0.3 is 29.4 Å². The van der Waals surface area contributed by atoms with Crippen LogP contribution in [0.25, 0.3) is 10.9 Å². The van der Waals surface area contributed by atoms with Gasteiger partial charge in [0.2, 0.25) is 5.91 Å². The molecule has 0 fully saturated rings. The van der Waals surface area contributed by atoms with Crippen molar-refractivity contribution in [2.45, 2.75) is 39.4 Å². The number of nitrogens with one attached hydrogen (secondary N) is 2. The molecule has 0 aliphatic heterocycles. The molecule has 4 aromatic rings. The second-order valence-electron chi connectivity index (χ2n) is 9.55. The summed E-state index contributed by atoms with van der Waals surface area (Å²) in [5.74, 6) is 0.519. The van der Waals surface area contributed by atoms with Gasteiger partial charge in [0.1, 0.15) is 11.8 Å². The average molecular weight is 559 g/mol. The third kappa shape index (κ3) is 7.42. The van der Waals surface area contributed by atoms with E-state index in [4.69, 9.17) is 13.9 Å². The van der Waals surface area contributed by atoms with Crippen molar-refractivity contribution >= 4 is 28.9 Å². The number of hydrogen-bond donors (Lipinski definition) is 2. The third-order valence-corrected chi connectivity index (χ3v) is 6.70. The number of carbonyl (C=O) groups excluding carboxylic acids is 2. The van der Waals surface area contributed by atoms with Gasteiger partial charge in [0.05, 0.1) is 24.6 Å². The topological polar surface area (TPSA) is 123 Å². The lowest BCUT2D eigenvalue weighted by Crippen LogP contribution is -2.42. The van der Waals surface area contributed by atoms with Crippen LogP contribution in [0, 0.1) is 6.92 Å². The lowest BCUT2D eigenvalue weighted by Gasteiger charge is -2.25. The lowest BCUT2D eigenvalue weighted by molar-refractivity contribution is -0.131. The zero-order valence-electron chi connectivity index (χ0n) is 23.6. The summed E-state index contributed by atoms with van der Waals surface area (Å²) in [5, 5.41) is 6.03. The van der Waals surface area contributed by atoms with E-state index in [9.17, 15) is 14.4 Å². The van der Waals surface area contributed by atoms with Crippen LogP contribution in [0.1, 0.15) is 29.2 Å². The van der Waals surface area contributed by atoms with Crippen molar-refractivity contribution in [1.82, 2.24) is 15.2 Å². The molecule has 41 heavy (non-hydrogen) atoms. The number of benzene rings is 3. The number of likely N-dealkylation sites (N-methyl/N-ethyl adjacent to an activating group) is 1. The normalized spacial score (nSPS) is 11.5. The molecule has 0 unspecified atom stereocenters. The van der Waals surface area contributed by atoms with Crippen LogP contribution in [0.15, 0.2) is 75.9 Å². The SMILES string of the molecule is CCOC(=O)NCc1ccc2nc(N[C@@H](Cc3ccc(OC)cc3)C(=O)N(C)Cc3ccccc3)oc(=O)c2c1C. The Kier molecular flexibility index (Phi) is 9.57. The van der Waals surface area contributed by atoms with Crippen LogP contribution < -0.4 is 21.0 Å². The molecule has 0 spiro atoms. The van der Waals surface area contributed by atoms with Crippen molar-refractivity contribution in [3.8, 4) is 5.75 Å². The van der Waals surface area contributed by atoms with E-state index in [2.05, 4.69) is 15.6 Å². The van der Waals surface area contributed by atoms with E-state index >= 15 is 0 Å². The minimum Gasteiger partial charge on any atom is -0.497 e. The molecule has 0 saturated heterocycles. The molecule has 1 atom stereocenters. The van der Waals surface area contributed by atoms with Crippen LogP contribution in [-0.4, -0.2) is 48.7 Å². The number of ether oxygens (including phenoxy) is 2. The van der Waals surface area contributed by atoms with E-state index in [-0.39, 0.29) is 25.1 Å². The minimum absolute atomic E-state index is 0.0562. The van der Waals surface area contributed by atoms with Crippen LogP contribution in [0.5, 0.6) is 5.75 Å². The van der Waals surface area contributed by atoms with Crippen molar-refractivity contribution in [2.75, 3.05) is 26.1 Å². The number of fused-ring (bicyclic) bond motifs is 1. The molecule has 0 aliphatic carbocycles. The Bertz CT molecular complexity index is 1550. The summed E-state index contributed by atoms with van der Waals surface area (Å²) in [5.41, 5.74) is 3.07. The molecule has 10 heteroatoms. The number of rotatable bonds is 11. The van der Waals surface area contributed by atoms with Crippen LogP contribution in [0.3, 0.4) is 0 Å². The van der Waals surface area contributed by atoms with E-state index in [1.165, 1.54) is 0 Å². The molecule has 1 aromatic heterocycles. The van der Waals surface area contributed by atoms with E-state index < -0.39 is 17.8 Å². The summed E-state index contributed by atoms with van der Waals surface area (Å²) in [4.78, 5) is 44.6. The highest BCUT2D eigenvalue weighted by atomic mass is 16.5. The van der Waals surface area contributed by atoms with Gasteiger partial charge in [-0.2, -0.15) is 4.98 Å². The quantitative estimate of drug-likeness (QED) is 0.277. The van der Waals surface area contributed by atoms with Crippen LogP contribution in [0.4, 0.5) is 10.8 Å². The molecule has 3 aromatic carbocycles. The lowest BCUT2D eigenvalue weighted by atomic mass is 10.0. The first-order chi connectivity index (χ1) is 19.8. The molecule has 1 heterocycles. The monoisotopic (exact) mass is 558 g/mol. The molecule has 0 bridgehead atoms. The van der Waals surface area contributed by atoms with Crippen molar-refractivity contribution in [2.24, 2.45) is 0 Å². The van der Waals surface area contributed by atoms with Gasteiger partial charge in [0.25, 0.3) is 6.01 Å². The zero-order chi connectivity index (χ0) is 29.4. The molecule has 2 amide bonds. The predicted molar refractivity (Wildman–Crippen MR) is 156 cm³/mol.